The number of fused-ring (bicyclic) bond motifs is 6. The summed E-state index contributed by atoms with van der Waals surface area (Å²) in [5, 5.41) is 5.24. The van der Waals surface area contributed by atoms with Gasteiger partial charge in [-0.15, -0.1) is 0 Å². The zero-order valence-electron chi connectivity index (χ0n) is 18.2. The third-order valence-corrected chi connectivity index (χ3v) is 5.25. The molecular formula is C27H18FeN4O3. The molecule has 1 aromatic rings. The molecule has 1 unspecified atom stereocenters. The number of hydrogen-bond donors (Lipinski definition) is 2. The molecule has 2 N–H and O–H groups in total. The summed E-state index contributed by atoms with van der Waals surface area (Å²) in [6, 6.07) is 3.76. The number of hydrogen-bond acceptors (Lipinski definition) is 6. The molecule has 8 heteroatoms. The Morgan fingerprint density at radius 1 is 0.714 bits per heavy atom. The van der Waals surface area contributed by atoms with Crippen LogP contribution in [0, 0.1) is 0 Å². The summed E-state index contributed by atoms with van der Waals surface area (Å²) in [5.74, 6) is 1.78. The molecule has 0 aromatic carbocycles. The Hall–Kier alpha value is -4.35. The maximum absolute atomic E-state index is 11.3. The fourth-order valence-corrected chi connectivity index (χ4v) is 3.67. The van der Waals surface area contributed by atoms with Crippen molar-refractivity contribution in [1.82, 2.24) is 10.3 Å². The van der Waals surface area contributed by atoms with Crippen LogP contribution in [0.3, 0.4) is 0 Å². The monoisotopic (exact) mass is 502 g/mol. The SMILES string of the molecule is O=C1C=CC(=O)C=C1.O=C=C1C=C2C=c3ccc([nH]3)=CC3=NC(=CC4=NC(=CC1N2)C=C4)C=C3.[Fe]. The van der Waals surface area contributed by atoms with Gasteiger partial charge in [0.15, 0.2) is 11.6 Å². The number of aliphatic imine (C=N–C) groups is 2. The molecule has 8 bridgehead atoms. The molecule has 0 saturated carbocycles. The van der Waals surface area contributed by atoms with E-state index in [4.69, 9.17) is 0 Å². The molecule has 1 atom stereocenters. The number of H-pyrrole nitrogens is 1. The fraction of sp³-hybridized carbons (Fsp3) is 0.0370. The van der Waals surface area contributed by atoms with Crippen molar-refractivity contribution < 1.29 is 31.5 Å². The first kappa shape index (κ1) is 23.8. The van der Waals surface area contributed by atoms with Gasteiger partial charge in [0.1, 0.15) is 5.94 Å². The summed E-state index contributed by atoms with van der Waals surface area (Å²) in [5.41, 5.74) is 4.82. The fourth-order valence-electron chi connectivity index (χ4n) is 3.67. The summed E-state index contributed by atoms with van der Waals surface area (Å²) >= 11 is 0. The first-order valence-electron chi connectivity index (χ1n) is 10.6. The van der Waals surface area contributed by atoms with Crippen molar-refractivity contribution in [1.29, 1.82) is 0 Å². The van der Waals surface area contributed by atoms with Crippen LogP contribution in [-0.4, -0.2) is 40.0 Å². The first-order valence-corrected chi connectivity index (χ1v) is 10.6. The molecule has 0 spiro atoms. The zero-order valence-corrected chi connectivity index (χ0v) is 19.3. The Kier molecular flexibility index (Phi) is 6.99. The van der Waals surface area contributed by atoms with Crippen molar-refractivity contribution in [3.8, 4) is 0 Å². The van der Waals surface area contributed by atoms with E-state index in [1.54, 1.807) is 0 Å². The van der Waals surface area contributed by atoms with Crippen LogP contribution in [0.25, 0.3) is 12.2 Å². The predicted molar refractivity (Wildman–Crippen MR) is 131 cm³/mol. The molecule has 1 aliphatic carbocycles. The van der Waals surface area contributed by atoms with Gasteiger partial charge in [-0.2, -0.15) is 0 Å². The van der Waals surface area contributed by atoms with E-state index in [-0.39, 0.29) is 34.7 Å². The Labute approximate surface area is 211 Å². The van der Waals surface area contributed by atoms with Crippen molar-refractivity contribution in [3.63, 3.8) is 0 Å². The van der Waals surface area contributed by atoms with Crippen LogP contribution in [0.1, 0.15) is 0 Å². The second-order valence-electron chi connectivity index (χ2n) is 7.81. The number of allylic oxidation sites excluding steroid dienone is 10. The van der Waals surface area contributed by atoms with Crippen molar-refractivity contribution in [2.24, 2.45) is 9.98 Å². The average molecular weight is 502 g/mol. The second kappa shape index (κ2) is 10.3. The van der Waals surface area contributed by atoms with Crippen LogP contribution in [0.15, 0.2) is 112 Å². The zero-order chi connectivity index (χ0) is 23.5. The molecule has 6 rings (SSSR count). The van der Waals surface area contributed by atoms with Gasteiger partial charge in [-0.1, -0.05) is 0 Å². The average Bonchev–Trinajstić information content (AvgIpc) is 3.61. The van der Waals surface area contributed by atoms with Gasteiger partial charge in [0, 0.05) is 33.5 Å². The maximum atomic E-state index is 11.3. The number of carbonyl (C=O) groups is 2. The Bertz CT molecular complexity index is 1530. The van der Waals surface area contributed by atoms with Gasteiger partial charge in [-0.3, -0.25) is 9.59 Å². The summed E-state index contributed by atoms with van der Waals surface area (Å²) in [6.07, 6.45) is 22.5. The molecular weight excluding hydrogens is 484 g/mol. The van der Waals surface area contributed by atoms with Crippen LogP contribution in [0.2, 0.25) is 0 Å². The minimum absolute atomic E-state index is 0. The normalized spacial score (nSPS) is 20.6. The van der Waals surface area contributed by atoms with Gasteiger partial charge < -0.3 is 10.3 Å². The molecule has 5 heterocycles. The van der Waals surface area contributed by atoms with Crippen molar-refractivity contribution >= 4 is 41.1 Å². The first-order chi connectivity index (χ1) is 16.5. The Balaban J connectivity index is 0.000000276. The summed E-state index contributed by atoms with van der Waals surface area (Å²) in [6.45, 7) is 0. The van der Waals surface area contributed by atoms with Crippen LogP contribution in [-0.2, 0) is 31.5 Å². The van der Waals surface area contributed by atoms with Gasteiger partial charge in [0.25, 0.3) is 0 Å². The minimum atomic E-state index is -0.237. The van der Waals surface area contributed by atoms with E-state index in [0.29, 0.717) is 5.57 Å². The molecule has 7 nitrogen and oxygen atoms in total. The number of carbonyl (C=O) groups excluding carboxylic acids is 3. The van der Waals surface area contributed by atoms with Crippen molar-refractivity contribution in [3.05, 3.63) is 112 Å². The van der Waals surface area contributed by atoms with E-state index >= 15 is 0 Å². The third kappa shape index (κ3) is 5.78. The van der Waals surface area contributed by atoms with E-state index < -0.39 is 0 Å². The van der Waals surface area contributed by atoms with Crippen molar-refractivity contribution in [2.75, 3.05) is 0 Å². The number of rotatable bonds is 0. The summed E-state index contributed by atoms with van der Waals surface area (Å²) in [7, 11) is 0. The number of nitrogens with one attached hydrogen (secondary N) is 2. The predicted octanol–water partition coefficient (Wildman–Crippen LogP) is 1.24. The maximum Gasteiger partial charge on any atom is 0.178 e. The standard InChI is InChI=1S/C21H14N4O.C6H4O2.Fe/c26-12-13-7-20-10-18-4-3-16(23-18)8-14-1-2-15(22-14)9-17-5-6-19(24-17)11-21(13)25-20;7-5-1-2-6(8)4-3-5;/h1-11,21,23,25H;1-4H;. The van der Waals surface area contributed by atoms with E-state index in [1.807, 2.05) is 72.8 Å². The van der Waals surface area contributed by atoms with Crippen LogP contribution >= 0.6 is 0 Å². The second-order valence-corrected chi connectivity index (χ2v) is 7.81. The van der Waals surface area contributed by atoms with Crippen molar-refractivity contribution in [2.45, 2.75) is 6.04 Å². The van der Waals surface area contributed by atoms with Gasteiger partial charge in [-0.25, -0.2) is 14.8 Å². The van der Waals surface area contributed by atoms with E-state index in [1.165, 1.54) is 24.3 Å². The van der Waals surface area contributed by atoms with Gasteiger partial charge in [0.05, 0.1) is 34.4 Å². The van der Waals surface area contributed by atoms with E-state index in [2.05, 4.69) is 20.3 Å². The quantitative estimate of drug-likeness (QED) is 0.317. The molecule has 5 aliphatic rings. The molecule has 0 amide bonds. The minimum Gasteiger partial charge on any atom is -0.374 e. The number of aromatic amines is 1. The Morgan fingerprint density at radius 2 is 1.31 bits per heavy atom. The molecule has 0 radical (unpaired) electrons. The third-order valence-electron chi connectivity index (χ3n) is 5.25. The van der Waals surface area contributed by atoms with Gasteiger partial charge in [-0.05, 0) is 91.1 Å². The molecule has 0 saturated heterocycles. The largest absolute Gasteiger partial charge is 0.374 e. The van der Waals surface area contributed by atoms with Gasteiger partial charge in [0.2, 0.25) is 0 Å². The smallest absolute Gasteiger partial charge is 0.178 e. The summed E-state index contributed by atoms with van der Waals surface area (Å²) in [4.78, 5) is 44.4. The number of nitrogens with zero attached hydrogens (tertiary/aromatic N) is 2. The number of aromatic nitrogens is 1. The molecule has 4 aliphatic heterocycles. The number of ketones is 2. The molecule has 172 valence electrons. The molecule has 0 fully saturated rings. The molecule has 1 aromatic heterocycles. The Morgan fingerprint density at radius 3 is 2.00 bits per heavy atom. The topological polar surface area (TPSA) is 104 Å². The van der Waals surface area contributed by atoms with E-state index in [9.17, 15) is 14.4 Å². The van der Waals surface area contributed by atoms with Crippen LogP contribution in [0.5, 0.6) is 0 Å². The summed E-state index contributed by atoms with van der Waals surface area (Å²) < 4.78 is 0. The van der Waals surface area contributed by atoms with E-state index in [0.717, 1.165) is 39.2 Å². The van der Waals surface area contributed by atoms with Gasteiger partial charge >= 0.3 is 0 Å². The van der Waals surface area contributed by atoms with Crippen LogP contribution in [0.4, 0.5) is 0 Å². The molecule has 35 heavy (non-hydrogen) atoms. The van der Waals surface area contributed by atoms with Crippen LogP contribution < -0.4 is 16.0 Å².